The fourth-order valence-electron chi connectivity index (χ4n) is 1.86. The topological polar surface area (TPSA) is 63.7 Å². The minimum absolute atomic E-state index is 0.00964. The van der Waals surface area contributed by atoms with Crippen LogP contribution in [0.3, 0.4) is 0 Å². The van der Waals surface area contributed by atoms with Crippen molar-refractivity contribution in [1.82, 2.24) is 0 Å². The Bertz CT molecular complexity index is 827. The van der Waals surface area contributed by atoms with Crippen LogP contribution in [0, 0.1) is 6.92 Å². The third kappa shape index (κ3) is 3.46. The molecule has 0 saturated heterocycles. The summed E-state index contributed by atoms with van der Waals surface area (Å²) in [5.41, 5.74) is 0.800. The van der Waals surface area contributed by atoms with Gasteiger partial charge in [0.2, 0.25) is 5.43 Å². The molecule has 0 saturated carbocycles. The van der Waals surface area contributed by atoms with Crippen LogP contribution in [0.5, 0.6) is 5.75 Å². The number of hydrogen-bond acceptors (Lipinski definition) is 5. The molecule has 2 aromatic rings. The largest absolute Gasteiger partial charge is 0.375 e. The molecule has 6 heteroatoms. The highest BCUT2D eigenvalue weighted by atomic mass is 32.2. The molecule has 0 fully saturated rings. The van der Waals surface area contributed by atoms with Gasteiger partial charge in [0.1, 0.15) is 4.90 Å². The maximum Gasteiger partial charge on any atom is 0.339 e. The zero-order valence-corrected chi connectivity index (χ0v) is 13.4. The second-order valence-corrected chi connectivity index (χ2v) is 6.59. The molecule has 0 unspecified atom stereocenters. The predicted octanol–water partition coefficient (Wildman–Crippen LogP) is 2.19. The van der Waals surface area contributed by atoms with Gasteiger partial charge in [0.25, 0.3) is 0 Å². The maximum atomic E-state index is 12.3. The minimum Gasteiger partial charge on any atom is -0.375 e. The van der Waals surface area contributed by atoms with Crippen molar-refractivity contribution >= 4 is 15.8 Å². The zero-order valence-electron chi connectivity index (χ0n) is 12.6. The van der Waals surface area contributed by atoms with E-state index in [1.54, 1.807) is 49.3 Å². The molecule has 0 amide bonds. The summed E-state index contributed by atoms with van der Waals surface area (Å²) in [7, 11) is -0.637. The lowest BCUT2D eigenvalue weighted by Crippen LogP contribution is -2.20. The molecule has 0 aliphatic rings. The van der Waals surface area contributed by atoms with Crippen molar-refractivity contribution in [2.75, 3.05) is 19.0 Å². The lowest BCUT2D eigenvalue weighted by molar-refractivity contribution is 0.484. The minimum atomic E-state index is -4.04. The smallest absolute Gasteiger partial charge is 0.339 e. The Hall–Kier alpha value is -2.34. The number of benzene rings is 1. The van der Waals surface area contributed by atoms with E-state index in [4.69, 9.17) is 4.18 Å². The van der Waals surface area contributed by atoms with E-state index in [2.05, 4.69) is 0 Å². The number of aryl methyl sites for hydroxylation is 1. The van der Waals surface area contributed by atoms with Gasteiger partial charge >= 0.3 is 10.1 Å². The second-order valence-electron chi connectivity index (χ2n) is 5.04. The van der Waals surface area contributed by atoms with Crippen molar-refractivity contribution < 1.29 is 12.6 Å². The van der Waals surface area contributed by atoms with Crippen LogP contribution in [-0.2, 0) is 10.1 Å². The first kappa shape index (κ1) is 16.0. The molecule has 5 nitrogen and oxygen atoms in total. The molecule has 0 heterocycles. The molecule has 116 valence electrons. The quantitative estimate of drug-likeness (QED) is 0.808. The average Bonchev–Trinajstić information content (AvgIpc) is 2.62. The summed E-state index contributed by atoms with van der Waals surface area (Å²) >= 11 is 0. The summed E-state index contributed by atoms with van der Waals surface area (Å²) in [6.07, 6.45) is 0. The van der Waals surface area contributed by atoms with Crippen molar-refractivity contribution in [1.29, 1.82) is 0 Å². The lowest BCUT2D eigenvalue weighted by Gasteiger charge is -2.10. The van der Waals surface area contributed by atoms with Crippen LogP contribution < -0.4 is 14.5 Å². The van der Waals surface area contributed by atoms with Gasteiger partial charge in [-0.3, -0.25) is 4.79 Å². The molecule has 0 aliphatic carbocycles. The van der Waals surface area contributed by atoms with Gasteiger partial charge in [0, 0.05) is 14.1 Å². The van der Waals surface area contributed by atoms with E-state index in [-0.39, 0.29) is 10.6 Å². The van der Waals surface area contributed by atoms with Gasteiger partial charge in [-0.1, -0.05) is 29.8 Å². The monoisotopic (exact) mass is 319 g/mol. The summed E-state index contributed by atoms with van der Waals surface area (Å²) in [4.78, 5) is 14.0. The van der Waals surface area contributed by atoms with E-state index in [1.165, 1.54) is 18.2 Å². The van der Waals surface area contributed by atoms with Crippen molar-refractivity contribution in [3.63, 3.8) is 0 Å². The standard InChI is InChI=1S/C16H17NO4S/c1-12-8-10-13(11-9-12)22(19,20)21-15-7-5-4-6-14(16(15)18)17(2)3/h4-11H,1-3H3. The van der Waals surface area contributed by atoms with E-state index in [0.717, 1.165) is 5.56 Å². The summed E-state index contributed by atoms with van der Waals surface area (Å²) in [5.74, 6) is -0.228. The molecule has 0 bridgehead atoms. The number of anilines is 1. The van der Waals surface area contributed by atoms with Crippen LogP contribution >= 0.6 is 0 Å². The fourth-order valence-corrected chi connectivity index (χ4v) is 2.79. The SMILES string of the molecule is Cc1ccc(S(=O)(=O)Oc2ccccc(N(C)C)c2=O)cc1. The van der Waals surface area contributed by atoms with E-state index in [1.807, 2.05) is 6.92 Å². The first-order valence-electron chi connectivity index (χ1n) is 6.63. The van der Waals surface area contributed by atoms with Gasteiger partial charge in [0.05, 0.1) is 5.69 Å². The Labute approximate surface area is 129 Å². The Kier molecular flexibility index (Phi) is 4.51. The molecule has 0 N–H and O–H groups in total. The first-order valence-corrected chi connectivity index (χ1v) is 8.04. The van der Waals surface area contributed by atoms with Gasteiger partial charge < -0.3 is 9.08 Å². The van der Waals surface area contributed by atoms with Crippen LogP contribution in [0.15, 0.2) is 58.2 Å². The van der Waals surface area contributed by atoms with Crippen molar-refractivity contribution in [3.05, 3.63) is 64.3 Å². The van der Waals surface area contributed by atoms with Crippen molar-refractivity contribution in [2.45, 2.75) is 11.8 Å². The van der Waals surface area contributed by atoms with Gasteiger partial charge in [-0.25, -0.2) is 0 Å². The Balaban J connectivity index is 2.47. The molecule has 2 rings (SSSR count). The second kappa shape index (κ2) is 6.19. The molecule has 0 radical (unpaired) electrons. The van der Waals surface area contributed by atoms with E-state index < -0.39 is 15.5 Å². The van der Waals surface area contributed by atoms with Crippen LogP contribution in [-0.4, -0.2) is 22.5 Å². The molecule has 2 aromatic carbocycles. The third-order valence-electron chi connectivity index (χ3n) is 3.06. The normalized spacial score (nSPS) is 11.0. The van der Waals surface area contributed by atoms with Gasteiger partial charge in [0.15, 0.2) is 5.75 Å². The predicted molar refractivity (Wildman–Crippen MR) is 86.0 cm³/mol. The summed E-state index contributed by atoms with van der Waals surface area (Å²) < 4.78 is 29.6. The summed E-state index contributed by atoms with van der Waals surface area (Å²) in [6, 6.07) is 12.4. The summed E-state index contributed by atoms with van der Waals surface area (Å²) in [5, 5.41) is 0. The van der Waals surface area contributed by atoms with E-state index in [0.29, 0.717) is 5.69 Å². The van der Waals surface area contributed by atoms with Gasteiger partial charge in [-0.2, -0.15) is 8.42 Å². The molecule has 0 spiro atoms. The summed E-state index contributed by atoms with van der Waals surface area (Å²) in [6.45, 7) is 1.85. The van der Waals surface area contributed by atoms with Crippen LogP contribution in [0.25, 0.3) is 0 Å². The fraction of sp³-hybridized carbons (Fsp3) is 0.188. The Morgan fingerprint density at radius 3 is 2.14 bits per heavy atom. The lowest BCUT2D eigenvalue weighted by atomic mass is 10.2. The molecule has 0 atom stereocenters. The van der Waals surface area contributed by atoms with Crippen molar-refractivity contribution in [3.8, 4) is 5.75 Å². The van der Waals surface area contributed by atoms with Crippen LogP contribution in [0.1, 0.15) is 5.56 Å². The van der Waals surface area contributed by atoms with Crippen molar-refractivity contribution in [2.24, 2.45) is 0 Å². The molecule has 22 heavy (non-hydrogen) atoms. The molecular formula is C16H17NO4S. The highest BCUT2D eigenvalue weighted by Gasteiger charge is 2.18. The Morgan fingerprint density at radius 2 is 1.55 bits per heavy atom. The van der Waals surface area contributed by atoms with E-state index in [9.17, 15) is 13.2 Å². The Morgan fingerprint density at radius 1 is 0.955 bits per heavy atom. The molecule has 0 aliphatic heterocycles. The van der Waals surface area contributed by atoms with E-state index >= 15 is 0 Å². The highest BCUT2D eigenvalue weighted by molar-refractivity contribution is 7.87. The van der Waals surface area contributed by atoms with Gasteiger partial charge in [-0.05, 0) is 31.2 Å². The van der Waals surface area contributed by atoms with Crippen LogP contribution in [0.2, 0.25) is 0 Å². The molecular weight excluding hydrogens is 302 g/mol. The average molecular weight is 319 g/mol. The number of hydrogen-bond donors (Lipinski definition) is 0. The number of nitrogens with zero attached hydrogens (tertiary/aromatic N) is 1. The first-order chi connectivity index (χ1) is 10.3. The highest BCUT2D eigenvalue weighted by Crippen LogP contribution is 2.17. The third-order valence-corrected chi connectivity index (χ3v) is 4.31. The zero-order chi connectivity index (χ0) is 16.3. The number of rotatable bonds is 4. The maximum absolute atomic E-state index is 12.3. The van der Waals surface area contributed by atoms with Gasteiger partial charge in [-0.15, -0.1) is 0 Å². The molecule has 0 aromatic heterocycles. The van der Waals surface area contributed by atoms with Crippen LogP contribution in [0.4, 0.5) is 5.69 Å².